The van der Waals surface area contributed by atoms with Gasteiger partial charge in [-0.25, -0.2) is 9.36 Å². The Morgan fingerprint density at radius 3 is 1.74 bits per heavy atom. The first-order valence-electron chi connectivity index (χ1n) is 25.9. The van der Waals surface area contributed by atoms with Crippen molar-refractivity contribution >= 4 is 54.7 Å². The number of methoxy groups -OCH3 is 1. The first kappa shape index (κ1) is 61.7. The number of rotatable bonds is 40. The van der Waals surface area contributed by atoms with E-state index in [2.05, 4.69) is 25.7 Å². The lowest BCUT2D eigenvalue weighted by Crippen LogP contribution is -2.66. The van der Waals surface area contributed by atoms with Gasteiger partial charge in [-0.05, 0) is 43.5 Å². The minimum Gasteiger partial charge on any atom is -0.462 e. The predicted molar refractivity (Wildman–Crippen MR) is 279 cm³/mol. The number of halogens is 3. The predicted octanol–water partition coefficient (Wildman–Crippen LogP) is 15.0. The first-order chi connectivity index (χ1) is 33.9. The minimum absolute atomic E-state index is 0.00656. The van der Waals surface area contributed by atoms with Crippen LogP contribution in [0.5, 0.6) is 11.5 Å². The minimum atomic E-state index is -4.63. The number of ether oxygens (including phenoxy) is 6. The van der Waals surface area contributed by atoms with E-state index in [1.165, 1.54) is 103 Å². The molecule has 1 amide bonds. The lowest BCUT2D eigenvalue weighted by atomic mass is 9.96. The molecular weight excluding hydrogens is 980 g/mol. The molecule has 17 heteroatoms. The van der Waals surface area contributed by atoms with Gasteiger partial charge in [-0.3, -0.25) is 9.32 Å². The fourth-order valence-corrected chi connectivity index (χ4v) is 9.80. The van der Waals surface area contributed by atoms with Gasteiger partial charge in [0.05, 0.1) is 19.8 Å². The van der Waals surface area contributed by atoms with Crippen LogP contribution in [-0.4, -0.2) is 86.1 Å². The summed E-state index contributed by atoms with van der Waals surface area (Å²) < 4.78 is 67.9. The summed E-state index contributed by atoms with van der Waals surface area (Å²) in [6.45, 7) is 7.57. The van der Waals surface area contributed by atoms with Crippen LogP contribution >= 0.6 is 42.6 Å². The molecule has 1 N–H and O–H groups in total. The number of esters is 1. The van der Waals surface area contributed by atoms with Crippen LogP contribution < -0.4 is 14.4 Å². The van der Waals surface area contributed by atoms with Crippen LogP contribution in [0.15, 0.2) is 73.3 Å². The molecule has 1 saturated heterocycles. The molecule has 2 aromatic carbocycles. The van der Waals surface area contributed by atoms with Gasteiger partial charge in [0.2, 0.25) is 3.79 Å². The SMILES string of the molecule is C=CCO[C@H]1O[C@H](COC)[C@@H](OP(=O)(Oc2ccccc2)Oc2ccccc2)[C@H](OCC[C@H](CCCCCCCCCCC)OC(=O)CCCCCCCCCCCCC)[C@@H]1NC(=O)OCC(Cl)(Cl)Cl. The highest BCUT2D eigenvalue weighted by atomic mass is 35.6. The summed E-state index contributed by atoms with van der Waals surface area (Å²) in [5, 5.41) is 2.75. The Morgan fingerprint density at radius 2 is 1.24 bits per heavy atom. The monoisotopic (exact) mass is 1060 g/mol. The zero-order valence-electron chi connectivity index (χ0n) is 42.1. The maximum atomic E-state index is 15.0. The van der Waals surface area contributed by atoms with Crippen molar-refractivity contribution in [1.82, 2.24) is 5.32 Å². The normalized spacial score (nSPS) is 18.7. The smallest absolute Gasteiger partial charge is 0.462 e. The number of carbonyl (C=O) groups is 2. The number of nitrogens with one attached hydrogen (secondary N) is 1. The van der Waals surface area contributed by atoms with Crippen LogP contribution in [0.25, 0.3) is 0 Å². The summed E-state index contributed by atoms with van der Waals surface area (Å²) in [4.78, 5) is 26.9. The summed E-state index contributed by atoms with van der Waals surface area (Å²) in [5.74, 6) is 0.159. The number of hydrogen-bond donors (Lipinski definition) is 1. The zero-order chi connectivity index (χ0) is 50.7. The molecule has 3 rings (SSSR count). The number of alkyl halides is 3. The van der Waals surface area contributed by atoms with Gasteiger partial charge < -0.3 is 42.8 Å². The van der Waals surface area contributed by atoms with Gasteiger partial charge in [-0.15, -0.1) is 6.58 Å². The standard InChI is InChI=1S/C53H83Cl3NO12P/c1-5-8-10-12-14-16-17-19-21-23-31-37-47(58)65-43(32-26-22-20-18-15-13-11-9-6-2)38-40-62-50-48(57-52(59)64-42-53(54,55)56)51(63-39-7-3)66-46(41-61-4)49(50)69-70(60,67-44-33-27-24-28-34-44)68-45-35-29-25-30-36-45/h7,24-25,27-30,33-36,43,46,48-51H,3,5-6,8-23,26,31-32,37-42H2,1-2,4H3,(H,57,59)/t43-,46+,48-,49+,50+,51-/m0/s1. The molecule has 1 aliphatic heterocycles. The molecule has 0 aliphatic carbocycles. The van der Waals surface area contributed by atoms with Crippen molar-refractivity contribution in [3.05, 3.63) is 73.3 Å². The lowest BCUT2D eigenvalue weighted by Gasteiger charge is -2.46. The van der Waals surface area contributed by atoms with Crippen LogP contribution in [0.2, 0.25) is 0 Å². The number of unbranched alkanes of at least 4 members (excludes halogenated alkanes) is 18. The van der Waals surface area contributed by atoms with Crippen molar-refractivity contribution in [2.75, 3.05) is 33.5 Å². The van der Waals surface area contributed by atoms with Gasteiger partial charge in [-0.1, -0.05) is 207 Å². The van der Waals surface area contributed by atoms with E-state index in [-0.39, 0.29) is 37.3 Å². The largest absolute Gasteiger partial charge is 0.588 e. The Labute approximate surface area is 434 Å². The first-order valence-corrected chi connectivity index (χ1v) is 28.4. The number of para-hydroxylation sites is 2. The number of hydrogen-bond acceptors (Lipinski definition) is 12. The van der Waals surface area contributed by atoms with Gasteiger partial charge >= 0.3 is 19.9 Å². The molecule has 0 saturated carbocycles. The topological polar surface area (TPSA) is 146 Å². The second-order valence-electron chi connectivity index (χ2n) is 17.9. The fourth-order valence-electron chi connectivity index (χ4n) is 8.20. The zero-order valence-corrected chi connectivity index (χ0v) is 45.3. The molecule has 13 nitrogen and oxygen atoms in total. The van der Waals surface area contributed by atoms with E-state index in [1.54, 1.807) is 60.7 Å². The average Bonchev–Trinajstić information content (AvgIpc) is 3.33. The third kappa shape index (κ3) is 27.5. The third-order valence-corrected chi connectivity index (χ3v) is 13.5. The number of phosphoric acid groups is 1. The van der Waals surface area contributed by atoms with Gasteiger partial charge in [0.15, 0.2) is 6.29 Å². The molecule has 0 aromatic heterocycles. The molecule has 2 aromatic rings. The molecule has 0 radical (unpaired) electrons. The molecule has 0 unspecified atom stereocenters. The van der Waals surface area contributed by atoms with Gasteiger partial charge in [0.25, 0.3) is 0 Å². The molecule has 70 heavy (non-hydrogen) atoms. The summed E-state index contributed by atoms with van der Waals surface area (Å²) >= 11 is 17.8. The Morgan fingerprint density at radius 1 is 0.729 bits per heavy atom. The van der Waals surface area contributed by atoms with Crippen LogP contribution in [0.3, 0.4) is 0 Å². The highest BCUT2D eigenvalue weighted by molar-refractivity contribution is 7.49. The van der Waals surface area contributed by atoms with E-state index in [9.17, 15) is 9.59 Å². The van der Waals surface area contributed by atoms with E-state index in [0.717, 1.165) is 38.5 Å². The summed E-state index contributed by atoms with van der Waals surface area (Å²) in [7, 11) is -3.17. The Hall–Kier alpha value is -2.58. The van der Waals surface area contributed by atoms with Gasteiger partial charge in [0.1, 0.15) is 48.6 Å². The average molecular weight is 1060 g/mol. The van der Waals surface area contributed by atoms with Crippen molar-refractivity contribution in [2.24, 2.45) is 0 Å². The number of amides is 1. The quantitative estimate of drug-likeness (QED) is 0.0223. The van der Waals surface area contributed by atoms with E-state index in [0.29, 0.717) is 19.3 Å². The molecule has 0 bridgehead atoms. The molecule has 6 atom stereocenters. The summed E-state index contributed by atoms with van der Waals surface area (Å²) in [5.41, 5.74) is 0. The summed E-state index contributed by atoms with van der Waals surface area (Å²) in [6, 6.07) is 15.7. The molecule has 0 spiro atoms. The van der Waals surface area contributed by atoms with E-state index < -0.39 is 61.1 Å². The van der Waals surface area contributed by atoms with Gasteiger partial charge in [-0.2, -0.15) is 0 Å². The maximum Gasteiger partial charge on any atom is 0.588 e. The Bertz CT molecular complexity index is 1670. The van der Waals surface area contributed by atoms with Crippen LogP contribution in [0, 0.1) is 0 Å². The van der Waals surface area contributed by atoms with E-state index in [1.807, 2.05) is 0 Å². The molecular formula is C53H83Cl3NO12P. The van der Waals surface area contributed by atoms with Crippen molar-refractivity contribution < 1.29 is 56.1 Å². The molecule has 1 fully saturated rings. The van der Waals surface area contributed by atoms with Crippen molar-refractivity contribution in [2.45, 2.75) is 202 Å². The molecule has 398 valence electrons. The number of alkyl carbamates (subject to hydrolysis) is 1. The Kier molecular flexibility index (Phi) is 32.8. The maximum absolute atomic E-state index is 15.0. The van der Waals surface area contributed by atoms with Crippen LogP contribution in [0.4, 0.5) is 4.79 Å². The Balaban J connectivity index is 1.88. The summed E-state index contributed by atoms with van der Waals surface area (Å²) in [6.07, 6.45) is 20.0. The highest BCUT2D eigenvalue weighted by Crippen LogP contribution is 2.52. The van der Waals surface area contributed by atoms with Crippen LogP contribution in [-0.2, 0) is 42.3 Å². The second-order valence-corrected chi connectivity index (χ2v) is 21.9. The third-order valence-electron chi connectivity index (χ3n) is 11.8. The highest BCUT2D eigenvalue weighted by Gasteiger charge is 2.53. The second kappa shape index (κ2) is 37.2. The molecule has 1 aliphatic rings. The number of carbonyl (C=O) groups excluding carboxylic acids is 2. The number of phosphoric ester groups is 1. The fraction of sp³-hybridized carbons (Fsp3) is 0.698. The van der Waals surface area contributed by atoms with Crippen molar-refractivity contribution in [3.63, 3.8) is 0 Å². The van der Waals surface area contributed by atoms with Gasteiger partial charge in [0, 0.05) is 20.0 Å². The van der Waals surface area contributed by atoms with Crippen LogP contribution in [0.1, 0.15) is 162 Å². The number of benzene rings is 2. The van der Waals surface area contributed by atoms with Crippen molar-refractivity contribution in [1.29, 1.82) is 0 Å². The van der Waals surface area contributed by atoms with Crippen molar-refractivity contribution in [3.8, 4) is 11.5 Å². The molecule has 1 heterocycles. The van der Waals surface area contributed by atoms with E-state index >= 15 is 4.57 Å². The van der Waals surface area contributed by atoms with E-state index in [4.69, 9.17) is 76.8 Å². The lowest BCUT2D eigenvalue weighted by molar-refractivity contribution is -0.272.